The summed E-state index contributed by atoms with van der Waals surface area (Å²) in [7, 11) is 0. The van der Waals surface area contributed by atoms with Crippen molar-refractivity contribution in [3.63, 3.8) is 0 Å². The van der Waals surface area contributed by atoms with Crippen molar-refractivity contribution in [3.05, 3.63) is 37.0 Å². The highest BCUT2D eigenvalue weighted by Gasteiger charge is 2.02. The average molecular weight is 154 g/mol. The van der Waals surface area contributed by atoms with Crippen LogP contribution in [-0.4, -0.2) is 16.5 Å². The van der Waals surface area contributed by atoms with Gasteiger partial charge in [-0.25, -0.2) is 0 Å². The van der Waals surface area contributed by atoms with Gasteiger partial charge in [0.15, 0.2) is 6.29 Å². The molecule has 0 amide bonds. The van der Waals surface area contributed by atoms with Gasteiger partial charge in [-0.15, -0.1) is 13.2 Å². The topological polar surface area (TPSA) is 40.5 Å². The molecule has 11 heavy (non-hydrogen) atoms. The molecule has 0 aromatic carbocycles. The first-order chi connectivity index (χ1) is 5.22. The van der Waals surface area contributed by atoms with Gasteiger partial charge in [0, 0.05) is 0 Å². The Hall–Kier alpha value is -0.860. The summed E-state index contributed by atoms with van der Waals surface area (Å²) in [6.45, 7) is 7.02. The van der Waals surface area contributed by atoms with Crippen LogP contribution in [0.5, 0.6) is 0 Å². The van der Waals surface area contributed by atoms with Gasteiger partial charge in [-0.2, -0.15) is 0 Å². The number of aliphatic hydroxyl groups is 2. The Labute approximate surface area is 67.2 Å². The summed E-state index contributed by atoms with van der Waals surface area (Å²) in [5.74, 6) is 0. The first kappa shape index (κ1) is 10.1. The van der Waals surface area contributed by atoms with Crippen molar-refractivity contribution in [3.8, 4) is 0 Å². The maximum Gasteiger partial charge on any atom is 0.174 e. The van der Waals surface area contributed by atoms with Crippen LogP contribution >= 0.6 is 0 Å². The molecule has 2 N–H and O–H groups in total. The molecule has 0 spiro atoms. The second-order valence-corrected chi connectivity index (χ2v) is 2.17. The third kappa shape index (κ3) is 4.53. The SMILES string of the molecule is C=CCC=C(CC=C)C(O)O. The Bertz CT molecular complexity index is 157. The molecule has 0 atom stereocenters. The fourth-order valence-corrected chi connectivity index (χ4v) is 0.696. The van der Waals surface area contributed by atoms with Crippen molar-refractivity contribution in [2.24, 2.45) is 0 Å². The minimum absolute atomic E-state index is 0.505. The molecular weight excluding hydrogens is 140 g/mol. The molecule has 0 aromatic heterocycles. The third-order valence-electron chi connectivity index (χ3n) is 1.26. The zero-order valence-electron chi connectivity index (χ0n) is 6.53. The normalized spacial score (nSPS) is 11.7. The largest absolute Gasteiger partial charge is 0.365 e. The quantitative estimate of drug-likeness (QED) is 0.464. The lowest BCUT2D eigenvalue weighted by atomic mass is 10.1. The maximum atomic E-state index is 8.78. The molecule has 0 saturated carbocycles. The zero-order chi connectivity index (χ0) is 8.69. The van der Waals surface area contributed by atoms with Gasteiger partial charge >= 0.3 is 0 Å². The minimum atomic E-state index is -1.37. The lowest BCUT2D eigenvalue weighted by Gasteiger charge is -2.05. The Balaban J connectivity index is 4.06. The van der Waals surface area contributed by atoms with Crippen LogP contribution in [0.4, 0.5) is 0 Å². The molecule has 0 aliphatic rings. The summed E-state index contributed by atoms with van der Waals surface area (Å²) < 4.78 is 0. The molecule has 0 rings (SSSR count). The van der Waals surface area contributed by atoms with Crippen molar-refractivity contribution < 1.29 is 10.2 Å². The second kappa shape index (κ2) is 5.89. The highest BCUT2D eigenvalue weighted by molar-refractivity contribution is 5.09. The van der Waals surface area contributed by atoms with E-state index in [-0.39, 0.29) is 0 Å². The zero-order valence-corrected chi connectivity index (χ0v) is 6.53. The van der Waals surface area contributed by atoms with Gasteiger partial charge < -0.3 is 10.2 Å². The lowest BCUT2D eigenvalue weighted by Crippen LogP contribution is -2.07. The van der Waals surface area contributed by atoms with Gasteiger partial charge in [0.05, 0.1) is 0 Å². The van der Waals surface area contributed by atoms with Crippen LogP contribution < -0.4 is 0 Å². The number of aliphatic hydroxyl groups excluding tert-OH is 1. The van der Waals surface area contributed by atoms with Gasteiger partial charge in [0.25, 0.3) is 0 Å². The van der Waals surface area contributed by atoms with E-state index in [0.717, 1.165) is 0 Å². The maximum absolute atomic E-state index is 8.78. The predicted molar refractivity (Wildman–Crippen MR) is 45.9 cm³/mol. The smallest absolute Gasteiger partial charge is 0.174 e. The molecule has 2 heteroatoms. The third-order valence-corrected chi connectivity index (χ3v) is 1.26. The average Bonchev–Trinajstić information content (AvgIpc) is 1.97. The Morgan fingerprint density at radius 3 is 2.27 bits per heavy atom. The monoisotopic (exact) mass is 154 g/mol. The minimum Gasteiger partial charge on any atom is -0.365 e. The molecule has 62 valence electrons. The molecule has 0 unspecified atom stereocenters. The summed E-state index contributed by atoms with van der Waals surface area (Å²) >= 11 is 0. The van der Waals surface area contributed by atoms with Crippen LogP contribution in [0.2, 0.25) is 0 Å². The Morgan fingerprint density at radius 1 is 1.27 bits per heavy atom. The van der Waals surface area contributed by atoms with Crippen LogP contribution in [0.1, 0.15) is 12.8 Å². The molecule has 0 aromatic rings. The second-order valence-electron chi connectivity index (χ2n) is 2.17. The van der Waals surface area contributed by atoms with Crippen LogP contribution in [-0.2, 0) is 0 Å². The number of rotatable bonds is 5. The van der Waals surface area contributed by atoms with E-state index in [1.165, 1.54) is 0 Å². The summed E-state index contributed by atoms with van der Waals surface area (Å²) in [6, 6.07) is 0. The highest BCUT2D eigenvalue weighted by Crippen LogP contribution is 2.07. The molecule has 0 bridgehead atoms. The van der Waals surface area contributed by atoms with Gasteiger partial charge in [0.2, 0.25) is 0 Å². The van der Waals surface area contributed by atoms with Crippen molar-refractivity contribution in [2.45, 2.75) is 19.1 Å². The molecule has 0 heterocycles. The van der Waals surface area contributed by atoms with E-state index in [1.54, 1.807) is 18.2 Å². The molecule has 0 radical (unpaired) electrons. The Morgan fingerprint density at radius 2 is 1.91 bits per heavy atom. The van der Waals surface area contributed by atoms with Gasteiger partial charge in [-0.05, 0) is 18.4 Å². The van der Waals surface area contributed by atoms with Crippen LogP contribution in [0.25, 0.3) is 0 Å². The highest BCUT2D eigenvalue weighted by atomic mass is 16.5. The fourth-order valence-electron chi connectivity index (χ4n) is 0.696. The van der Waals surface area contributed by atoms with E-state index < -0.39 is 6.29 Å². The summed E-state index contributed by atoms with van der Waals surface area (Å²) in [5, 5.41) is 17.6. The van der Waals surface area contributed by atoms with Crippen molar-refractivity contribution in [2.75, 3.05) is 0 Å². The molecule has 0 aliphatic carbocycles. The molecular formula is C9H14O2. The Kier molecular flexibility index (Phi) is 5.43. The van der Waals surface area contributed by atoms with Crippen molar-refractivity contribution >= 4 is 0 Å². The van der Waals surface area contributed by atoms with Crippen molar-refractivity contribution in [1.29, 1.82) is 0 Å². The van der Waals surface area contributed by atoms with Gasteiger partial charge in [-0.1, -0.05) is 18.2 Å². The van der Waals surface area contributed by atoms with E-state index in [0.29, 0.717) is 18.4 Å². The lowest BCUT2D eigenvalue weighted by molar-refractivity contribution is -0.00933. The van der Waals surface area contributed by atoms with E-state index >= 15 is 0 Å². The number of hydrogen-bond acceptors (Lipinski definition) is 2. The first-order valence-corrected chi connectivity index (χ1v) is 3.49. The standard InChI is InChI=1S/C9H14O2/c1-3-5-7-8(6-4-2)9(10)11/h3-4,7,9-11H,1-2,5-6H2. The van der Waals surface area contributed by atoms with Gasteiger partial charge in [0.1, 0.15) is 0 Å². The van der Waals surface area contributed by atoms with Crippen LogP contribution in [0, 0.1) is 0 Å². The molecule has 0 saturated heterocycles. The van der Waals surface area contributed by atoms with Crippen LogP contribution in [0.15, 0.2) is 37.0 Å². The fraction of sp³-hybridized carbons (Fsp3) is 0.333. The van der Waals surface area contributed by atoms with E-state index in [1.807, 2.05) is 0 Å². The molecule has 0 aliphatic heterocycles. The van der Waals surface area contributed by atoms with E-state index in [9.17, 15) is 0 Å². The number of hydrogen-bond donors (Lipinski definition) is 2. The molecule has 0 fully saturated rings. The van der Waals surface area contributed by atoms with Gasteiger partial charge in [-0.3, -0.25) is 0 Å². The van der Waals surface area contributed by atoms with E-state index in [2.05, 4.69) is 13.2 Å². The summed E-state index contributed by atoms with van der Waals surface area (Å²) in [6.07, 6.45) is 4.86. The van der Waals surface area contributed by atoms with E-state index in [4.69, 9.17) is 10.2 Å². The van der Waals surface area contributed by atoms with Crippen molar-refractivity contribution in [1.82, 2.24) is 0 Å². The number of allylic oxidation sites excluding steroid dienone is 3. The summed E-state index contributed by atoms with van der Waals surface area (Å²) in [5.41, 5.74) is 0.569. The molecule has 2 nitrogen and oxygen atoms in total. The first-order valence-electron chi connectivity index (χ1n) is 3.49. The van der Waals surface area contributed by atoms with Crippen LogP contribution in [0.3, 0.4) is 0 Å². The summed E-state index contributed by atoms with van der Waals surface area (Å²) in [4.78, 5) is 0. The predicted octanol–water partition coefficient (Wildman–Crippen LogP) is 1.38.